The largest absolute Gasteiger partial charge is 0.381 e. The van der Waals surface area contributed by atoms with Gasteiger partial charge >= 0.3 is 0 Å². The lowest BCUT2D eigenvalue weighted by Crippen LogP contribution is -2.32. The van der Waals surface area contributed by atoms with E-state index >= 15 is 0 Å². The number of rotatable bonds is 5. The zero-order valence-corrected chi connectivity index (χ0v) is 10.3. The summed E-state index contributed by atoms with van der Waals surface area (Å²) < 4.78 is 11.0. The highest BCUT2D eigenvalue weighted by molar-refractivity contribution is 4.66. The monoisotopic (exact) mass is 215 g/mol. The summed E-state index contributed by atoms with van der Waals surface area (Å²) in [7, 11) is 0. The fourth-order valence-corrected chi connectivity index (χ4v) is 1.70. The Morgan fingerprint density at radius 1 is 1.40 bits per heavy atom. The number of ether oxygens (including phenoxy) is 2. The van der Waals surface area contributed by atoms with Crippen molar-refractivity contribution in [3.63, 3.8) is 0 Å². The standard InChI is InChI=1S/C12H25NO2/c1-12(2,3)15-8-6-13-9-11-5-4-7-14-10-11/h11,13H,4-10H2,1-3H3. The average Bonchev–Trinajstić information content (AvgIpc) is 2.17. The fourth-order valence-electron chi connectivity index (χ4n) is 1.70. The Morgan fingerprint density at radius 2 is 2.20 bits per heavy atom. The SMILES string of the molecule is CC(C)(C)OCCNCC1CCCOC1. The molecule has 1 rings (SSSR count). The van der Waals surface area contributed by atoms with Crippen molar-refractivity contribution in [2.24, 2.45) is 5.92 Å². The van der Waals surface area contributed by atoms with Crippen molar-refractivity contribution in [3.8, 4) is 0 Å². The van der Waals surface area contributed by atoms with Gasteiger partial charge in [-0.1, -0.05) is 0 Å². The van der Waals surface area contributed by atoms with Crippen molar-refractivity contribution in [1.29, 1.82) is 0 Å². The molecule has 3 heteroatoms. The minimum Gasteiger partial charge on any atom is -0.381 e. The first kappa shape index (κ1) is 12.9. The van der Waals surface area contributed by atoms with E-state index in [1.807, 2.05) is 0 Å². The van der Waals surface area contributed by atoms with Gasteiger partial charge in [0.15, 0.2) is 0 Å². The molecule has 0 aromatic carbocycles. The number of nitrogens with one attached hydrogen (secondary N) is 1. The van der Waals surface area contributed by atoms with Crippen molar-refractivity contribution in [3.05, 3.63) is 0 Å². The smallest absolute Gasteiger partial charge is 0.0599 e. The van der Waals surface area contributed by atoms with Crippen LogP contribution in [0.15, 0.2) is 0 Å². The Kier molecular flexibility index (Phi) is 5.58. The zero-order valence-electron chi connectivity index (χ0n) is 10.3. The minimum absolute atomic E-state index is 0.0182. The van der Waals surface area contributed by atoms with Crippen LogP contribution in [0.4, 0.5) is 0 Å². The molecule has 0 spiro atoms. The molecule has 0 aromatic rings. The summed E-state index contributed by atoms with van der Waals surface area (Å²) in [6.07, 6.45) is 2.51. The molecular formula is C12H25NO2. The second kappa shape index (κ2) is 6.46. The van der Waals surface area contributed by atoms with Crippen molar-refractivity contribution < 1.29 is 9.47 Å². The molecule has 3 nitrogen and oxygen atoms in total. The fraction of sp³-hybridized carbons (Fsp3) is 1.00. The van der Waals surface area contributed by atoms with Gasteiger partial charge in [0.25, 0.3) is 0 Å². The van der Waals surface area contributed by atoms with E-state index in [4.69, 9.17) is 9.47 Å². The van der Waals surface area contributed by atoms with E-state index in [-0.39, 0.29) is 5.60 Å². The van der Waals surface area contributed by atoms with Crippen LogP contribution in [0, 0.1) is 5.92 Å². The third-order valence-electron chi connectivity index (χ3n) is 2.50. The summed E-state index contributed by atoms with van der Waals surface area (Å²) in [6, 6.07) is 0. The van der Waals surface area contributed by atoms with E-state index in [0.717, 1.165) is 32.9 Å². The second-order valence-corrected chi connectivity index (χ2v) is 5.25. The van der Waals surface area contributed by atoms with Gasteiger partial charge in [-0.05, 0) is 39.5 Å². The second-order valence-electron chi connectivity index (χ2n) is 5.25. The molecule has 1 aliphatic rings. The van der Waals surface area contributed by atoms with Crippen LogP contribution in [0.25, 0.3) is 0 Å². The van der Waals surface area contributed by atoms with Gasteiger partial charge in [-0.3, -0.25) is 0 Å². The Balaban J connectivity index is 1.92. The van der Waals surface area contributed by atoms with Crippen LogP contribution in [0.2, 0.25) is 0 Å². The van der Waals surface area contributed by atoms with Gasteiger partial charge in [0.05, 0.1) is 18.8 Å². The molecule has 1 heterocycles. The highest BCUT2D eigenvalue weighted by atomic mass is 16.5. The van der Waals surface area contributed by atoms with Crippen LogP contribution in [0.3, 0.4) is 0 Å². The van der Waals surface area contributed by atoms with Crippen molar-refractivity contribution >= 4 is 0 Å². The minimum atomic E-state index is -0.0182. The highest BCUT2D eigenvalue weighted by Gasteiger charge is 2.13. The first-order chi connectivity index (χ1) is 7.08. The van der Waals surface area contributed by atoms with Crippen LogP contribution >= 0.6 is 0 Å². The summed E-state index contributed by atoms with van der Waals surface area (Å²) in [5.41, 5.74) is -0.0182. The lowest BCUT2D eigenvalue weighted by molar-refractivity contribution is -0.00217. The molecule has 1 N–H and O–H groups in total. The summed E-state index contributed by atoms with van der Waals surface area (Å²) in [4.78, 5) is 0. The molecular weight excluding hydrogens is 190 g/mol. The van der Waals surface area contributed by atoms with Crippen molar-refractivity contribution in [2.75, 3.05) is 32.9 Å². The highest BCUT2D eigenvalue weighted by Crippen LogP contribution is 2.12. The van der Waals surface area contributed by atoms with Gasteiger partial charge in [0.2, 0.25) is 0 Å². The van der Waals surface area contributed by atoms with Gasteiger partial charge in [-0.2, -0.15) is 0 Å². The molecule has 0 aromatic heterocycles. The maximum Gasteiger partial charge on any atom is 0.0599 e. The topological polar surface area (TPSA) is 30.5 Å². The van der Waals surface area contributed by atoms with E-state index in [2.05, 4.69) is 26.1 Å². The molecule has 0 saturated carbocycles. The van der Waals surface area contributed by atoms with Gasteiger partial charge in [0, 0.05) is 19.7 Å². The molecule has 90 valence electrons. The van der Waals surface area contributed by atoms with Crippen LogP contribution < -0.4 is 5.32 Å². The van der Waals surface area contributed by atoms with Gasteiger partial charge in [-0.15, -0.1) is 0 Å². The normalized spacial score (nSPS) is 23.0. The molecule has 1 fully saturated rings. The average molecular weight is 215 g/mol. The Morgan fingerprint density at radius 3 is 2.80 bits per heavy atom. The van der Waals surface area contributed by atoms with Crippen LogP contribution in [-0.2, 0) is 9.47 Å². The van der Waals surface area contributed by atoms with Gasteiger partial charge in [-0.25, -0.2) is 0 Å². The molecule has 0 radical (unpaired) electrons. The number of hydrogen-bond donors (Lipinski definition) is 1. The first-order valence-electron chi connectivity index (χ1n) is 6.00. The van der Waals surface area contributed by atoms with E-state index in [9.17, 15) is 0 Å². The molecule has 1 saturated heterocycles. The first-order valence-corrected chi connectivity index (χ1v) is 6.00. The molecule has 1 unspecified atom stereocenters. The van der Waals surface area contributed by atoms with Crippen LogP contribution in [0.5, 0.6) is 0 Å². The molecule has 15 heavy (non-hydrogen) atoms. The Labute approximate surface area is 93.5 Å². The zero-order chi connectivity index (χ0) is 11.1. The van der Waals surface area contributed by atoms with E-state index in [1.54, 1.807) is 0 Å². The van der Waals surface area contributed by atoms with Gasteiger partial charge in [0.1, 0.15) is 0 Å². The van der Waals surface area contributed by atoms with Crippen molar-refractivity contribution in [1.82, 2.24) is 5.32 Å². The maximum absolute atomic E-state index is 5.62. The predicted molar refractivity (Wildman–Crippen MR) is 62.1 cm³/mol. The quantitative estimate of drug-likeness (QED) is 0.710. The molecule has 1 atom stereocenters. The maximum atomic E-state index is 5.62. The van der Waals surface area contributed by atoms with Crippen molar-refractivity contribution in [2.45, 2.75) is 39.2 Å². The summed E-state index contributed by atoms with van der Waals surface area (Å²) in [6.45, 7) is 10.9. The third-order valence-corrected chi connectivity index (χ3v) is 2.50. The van der Waals surface area contributed by atoms with E-state index < -0.39 is 0 Å². The molecule has 0 aliphatic carbocycles. The Hall–Kier alpha value is -0.120. The van der Waals surface area contributed by atoms with Crippen LogP contribution in [-0.4, -0.2) is 38.5 Å². The van der Waals surface area contributed by atoms with Crippen LogP contribution in [0.1, 0.15) is 33.6 Å². The lowest BCUT2D eigenvalue weighted by atomic mass is 10.0. The molecule has 1 aliphatic heterocycles. The van der Waals surface area contributed by atoms with Gasteiger partial charge < -0.3 is 14.8 Å². The Bertz CT molecular complexity index is 159. The van der Waals surface area contributed by atoms with E-state index in [0.29, 0.717) is 5.92 Å². The summed E-state index contributed by atoms with van der Waals surface area (Å²) in [5.74, 6) is 0.702. The molecule has 0 amide bonds. The van der Waals surface area contributed by atoms with E-state index in [1.165, 1.54) is 12.8 Å². The number of hydrogen-bond acceptors (Lipinski definition) is 3. The summed E-state index contributed by atoms with van der Waals surface area (Å²) in [5, 5.41) is 3.42. The third kappa shape index (κ3) is 6.88. The molecule has 0 bridgehead atoms. The lowest BCUT2D eigenvalue weighted by Gasteiger charge is -2.23. The predicted octanol–water partition coefficient (Wildman–Crippen LogP) is 1.82. The summed E-state index contributed by atoms with van der Waals surface area (Å²) >= 11 is 0.